The van der Waals surface area contributed by atoms with Gasteiger partial charge in [0.25, 0.3) is 0 Å². The van der Waals surface area contributed by atoms with Crippen molar-refractivity contribution in [2.75, 3.05) is 0 Å². The van der Waals surface area contributed by atoms with E-state index in [-0.39, 0.29) is 10.9 Å². The van der Waals surface area contributed by atoms with Crippen LogP contribution in [-0.2, 0) is 4.79 Å². The summed E-state index contributed by atoms with van der Waals surface area (Å²) in [6, 6.07) is 1.78. The predicted molar refractivity (Wildman–Crippen MR) is 58.7 cm³/mol. The van der Waals surface area contributed by atoms with Gasteiger partial charge in [-0.1, -0.05) is 11.8 Å². The second kappa shape index (κ2) is 5.39. The molecule has 1 atom stereocenters. The van der Waals surface area contributed by atoms with Crippen LogP contribution in [0.4, 0.5) is 4.79 Å². The number of nitrogens with one attached hydrogen (secondary N) is 1. The summed E-state index contributed by atoms with van der Waals surface area (Å²) < 4.78 is 4.94. The molecule has 4 N–H and O–H groups in total. The largest absolute Gasteiger partial charge is 0.475 e. The molecule has 1 unspecified atom stereocenters. The highest BCUT2D eigenvalue weighted by molar-refractivity contribution is 8.00. The summed E-state index contributed by atoms with van der Waals surface area (Å²) in [5, 5.41) is 10.2. The van der Waals surface area contributed by atoms with Crippen LogP contribution in [0, 0.1) is 0 Å². The van der Waals surface area contributed by atoms with Gasteiger partial charge in [-0.05, 0) is 19.1 Å². The molecule has 0 radical (unpaired) electrons. The predicted octanol–water partition coefficient (Wildman–Crippen LogP) is 0.653. The van der Waals surface area contributed by atoms with Crippen LogP contribution in [0.3, 0.4) is 0 Å². The van der Waals surface area contributed by atoms with Crippen molar-refractivity contribution in [3.63, 3.8) is 0 Å². The second-order valence-electron chi connectivity index (χ2n) is 3.04. The molecule has 0 aliphatic rings. The lowest BCUT2D eigenvalue weighted by molar-refractivity contribution is -0.119. The number of furan rings is 1. The molecular formula is C9H10N2O5S. The molecule has 92 valence electrons. The van der Waals surface area contributed by atoms with Crippen molar-refractivity contribution >= 4 is 29.7 Å². The number of urea groups is 1. The molecule has 1 aromatic heterocycles. The third-order valence-electron chi connectivity index (χ3n) is 1.70. The lowest BCUT2D eigenvalue weighted by atomic mass is 10.4. The van der Waals surface area contributed by atoms with Crippen LogP contribution in [0.5, 0.6) is 0 Å². The minimum atomic E-state index is -1.19. The first-order chi connectivity index (χ1) is 7.90. The molecule has 1 heterocycles. The summed E-state index contributed by atoms with van der Waals surface area (Å²) in [6.45, 7) is 1.53. The Morgan fingerprint density at radius 1 is 1.47 bits per heavy atom. The van der Waals surface area contributed by atoms with Crippen LogP contribution >= 0.6 is 11.8 Å². The number of imide groups is 1. The number of primary amides is 1. The third-order valence-corrected chi connectivity index (χ3v) is 2.72. The summed E-state index contributed by atoms with van der Waals surface area (Å²) in [5.74, 6) is -1.98. The maximum absolute atomic E-state index is 11.3. The minimum Gasteiger partial charge on any atom is -0.475 e. The average molecular weight is 258 g/mol. The Bertz CT molecular complexity index is 456. The van der Waals surface area contributed by atoms with Crippen LogP contribution in [0.15, 0.2) is 21.6 Å². The SMILES string of the molecule is CC(Sc1ccc(C(=O)O)o1)C(=O)NC(N)=O. The van der Waals surface area contributed by atoms with Gasteiger partial charge >= 0.3 is 12.0 Å². The molecule has 0 aromatic carbocycles. The van der Waals surface area contributed by atoms with Gasteiger partial charge in [0.05, 0.1) is 5.25 Å². The Morgan fingerprint density at radius 2 is 2.12 bits per heavy atom. The normalized spacial score (nSPS) is 11.8. The van der Waals surface area contributed by atoms with Crippen LogP contribution in [0.2, 0.25) is 0 Å². The number of hydrogen-bond donors (Lipinski definition) is 3. The number of carboxylic acid groups (broad SMARTS) is 1. The fourth-order valence-corrected chi connectivity index (χ4v) is 1.75. The van der Waals surface area contributed by atoms with Gasteiger partial charge in [-0.3, -0.25) is 10.1 Å². The van der Waals surface area contributed by atoms with Crippen LogP contribution in [0.25, 0.3) is 0 Å². The zero-order valence-electron chi connectivity index (χ0n) is 8.80. The van der Waals surface area contributed by atoms with Crippen molar-refractivity contribution in [2.45, 2.75) is 17.3 Å². The van der Waals surface area contributed by atoms with Crippen LogP contribution in [-0.4, -0.2) is 28.3 Å². The first kappa shape index (κ1) is 13.1. The van der Waals surface area contributed by atoms with E-state index in [9.17, 15) is 14.4 Å². The first-order valence-corrected chi connectivity index (χ1v) is 5.38. The lowest BCUT2D eigenvalue weighted by Crippen LogP contribution is -2.39. The second-order valence-corrected chi connectivity index (χ2v) is 4.38. The Morgan fingerprint density at radius 3 is 2.59 bits per heavy atom. The molecule has 3 amide bonds. The summed E-state index contributed by atoms with van der Waals surface area (Å²) in [7, 11) is 0. The van der Waals surface area contributed by atoms with Crippen molar-refractivity contribution in [2.24, 2.45) is 5.73 Å². The van der Waals surface area contributed by atoms with Crippen molar-refractivity contribution in [1.82, 2.24) is 5.32 Å². The van der Waals surface area contributed by atoms with E-state index >= 15 is 0 Å². The number of thioether (sulfide) groups is 1. The van der Waals surface area contributed by atoms with Crippen molar-refractivity contribution in [1.29, 1.82) is 0 Å². The fourth-order valence-electron chi connectivity index (χ4n) is 0.949. The highest BCUT2D eigenvalue weighted by atomic mass is 32.2. The van der Waals surface area contributed by atoms with Gasteiger partial charge in [-0.15, -0.1) is 0 Å². The number of carboxylic acids is 1. The number of carbonyl (C=O) groups is 3. The molecule has 0 saturated heterocycles. The molecule has 0 aliphatic heterocycles. The van der Waals surface area contributed by atoms with Crippen molar-refractivity contribution in [3.8, 4) is 0 Å². The highest BCUT2D eigenvalue weighted by Crippen LogP contribution is 2.25. The number of aromatic carboxylic acids is 1. The van der Waals surface area contributed by atoms with E-state index in [4.69, 9.17) is 15.3 Å². The van der Waals surface area contributed by atoms with E-state index in [2.05, 4.69) is 0 Å². The number of carbonyl (C=O) groups excluding carboxylic acids is 2. The molecule has 1 rings (SSSR count). The lowest BCUT2D eigenvalue weighted by Gasteiger charge is -2.07. The Kier molecular flexibility index (Phi) is 4.16. The molecular weight excluding hydrogens is 248 g/mol. The molecule has 17 heavy (non-hydrogen) atoms. The number of nitrogens with two attached hydrogens (primary N) is 1. The van der Waals surface area contributed by atoms with E-state index in [1.54, 1.807) is 0 Å². The van der Waals surface area contributed by atoms with Gasteiger partial charge in [0.15, 0.2) is 5.09 Å². The molecule has 1 aromatic rings. The van der Waals surface area contributed by atoms with Crippen molar-refractivity contribution in [3.05, 3.63) is 17.9 Å². The van der Waals surface area contributed by atoms with Crippen molar-refractivity contribution < 1.29 is 23.9 Å². The third kappa shape index (κ3) is 3.83. The number of hydrogen-bond acceptors (Lipinski definition) is 5. The van der Waals surface area contributed by atoms with Crippen LogP contribution < -0.4 is 11.1 Å². The van der Waals surface area contributed by atoms with Gasteiger partial charge in [0, 0.05) is 0 Å². The van der Waals surface area contributed by atoms with Gasteiger partial charge in [0.1, 0.15) is 0 Å². The van der Waals surface area contributed by atoms with E-state index in [0.29, 0.717) is 0 Å². The summed E-state index contributed by atoms with van der Waals surface area (Å²) in [5.41, 5.74) is 4.79. The maximum Gasteiger partial charge on any atom is 0.371 e. The van der Waals surface area contributed by atoms with E-state index < -0.39 is 23.2 Å². The topological polar surface area (TPSA) is 123 Å². The number of rotatable bonds is 4. The monoisotopic (exact) mass is 258 g/mol. The first-order valence-electron chi connectivity index (χ1n) is 4.50. The Labute approximate surface area is 100 Å². The average Bonchev–Trinajstić information content (AvgIpc) is 2.65. The van der Waals surface area contributed by atoms with Gasteiger partial charge in [-0.2, -0.15) is 0 Å². The van der Waals surface area contributed by atoms with E-state index in [1.807, 2.05) is 5.32 Å². The zero-order chi connectivity index (χ0) is 13.0. The molecule has 0 aliphatic carbocycles. The van der Waals surface area contributed by atoms with E-state index in [0.717, 1.165) is 11.8 Å². The Balaban J connectivity index is 2.61. The summed E-state index contributed by atoms with van der Waals surface area (Å²) in [4.78, 5) is 32.3. The summed E-state index contributed by atoms with van der Waals surface area (Å²) in [6.07, 6.45) is 0. The highest BCUT2D eigenvalue weighted by Gasteiger charge is 2.18. The molecule has 0 bridgehead atoms. The Hall–Kier alpha value is -1.96. The van der Waals surface area contributed by atoms with Crippen LogP contribution in [0.1, 0.15) is 17.5 Å². The molecule has 7 nitrogen and oxygen atoms in total. The molecule has 0 spiro atoms. The number of amides is 3. The standard InChI is InChI=1S/C9H10N2O5S/c1-4(7(12)11-9(10)15)17-6-3-2-5(16-6)8(13)14/h2-4H,1H3,(H,13,14)(H3,10,11,12,15). The smallest absolute Gasteiger partial charge is 0.371 e. The van der Waals surface area contributed by atoms with E-state index in [1.165, 1.54) is 19.1 Å². The maximum atomic E-state index is 11.3. The quantitative estimate of drug-likeness (QED) is 0.681. The molecule has 0 fully saturated rings. The minimum absolute atomic E-state index is 0.213. The molecule has 0 saturated carbocycles. The fraction of sp³-hybridized carbons (Fsp3) is 0.222. The van der Waals surface area contributed by atoms with Gasteiger partial charge in [0.2, 0.25) is 11.7 Å². The van der Waals surface area contributed by atoms with Gasteiger partial charge < -0.3 is 15.3 Å². The van der Waals surface area contributed by atoms with Gasteiger partial charge in [-0.25, -0.2) is 9.59 Å². The zero-order valence-corrected chi connectivity index (χ0v) is 9.61. The molecule has 8 heteroatoms. The summed E-state index contributed by atoms with van der Waals surface area (Å²) >= 11 is 0.982.